The summed E-state index contributed by atoms with van der Waals surface area (Å²) in [7, 11) is 0. The first-order valence-corrected chi connectivity index (χ1v) is 8.32. The van der Waals surface area contributed by atoms with Gasteiger partial charge < -0.3 is 15.0 Å². The minimum atomic E-state index is -1.65. The average molecular weight is 356 g/mol. The first-order valence-electron chi connectivity index (χ1n) is 8.32. The molecule has 0 bridgehead atoms. The minimum absolute atomic E-state index is 0.0875. The second-order valence-electron chi connectivity index (χ2n) is 6.30. The van der Waals surface area contributed by atoms with E-state index in [0.29, 0.717) is 39.0 Å². The van der Waals surface area contributed by atoms with Crippen LogP contribution in [0.5, 0.6) is 0 Å². The molecule has 2 amide bonds. The Morgan fingerprint density at radius 3 is 2.44 bits per heavy atom. The zero-order valence-electron chi connectivity index (χ0n) is 13.6. The Morgan fingerprint density at radius 1 is 1.08 bits per heavy atom. The van der Waals surface area contributed by atoms with Gasteiger partial charge in [0.25, 0.3) is 5.91 Å². The second kappa shape index (κ2) is 7.43. The fourth-order valence-electron chi connectivity index (χ4n) is 3.17. The molecule has 1 atom stereocenters. The van der Waals surface area contributed by atoms with Gasteiger partial charge in [-0.2, -0.15) is 0 Å². The number of benzene rings is 1. The summed E-state index contributed by atoms with van der Waals surface area (Å²) in [6.45, 7) is 1.19. The normalized spacial score (nSPS) is 21.4. The van der Waals surface area contributed by atoms with E-state index in [2.05, 4.69) is 5.32 Å². The lowest BCUT2D eigenvalue weighted by molar-refractivity contribution is -0.131. The molecule has 1 aromatic carbocycles. The maximum absolute atomic E-state index is 13.8. The lowest BCUT2D eigenvalue weighted by Crippen LogP contribution is -2.48. The number of hydrogen-bond donors (Lipinski definition) is 1. The van der Waals surface area contributed by atoms with E-state index < -0.39 is 35.0 Å². The zero-order valence-corrected chi connectivity index (χ0v) is 13.6. The number of amides is 2. The van der Waals surface area contributed by atoms with E-state index >= 15 is 0 Å². The van der Waals surface area contributed by atoms with Crippen LogP contribution in [0.3, 0.4) is 0 Å². The number of carbonyl (C=O) groups excluding carboxylic acids is 2. The third-order valence-electron chi connectivity index (χ3n) is 4.62. The maximum atomic E-state index is 13.8. The van der Waals surface area contributed by atoms with Crippen molar-refractivity contribution in [2.75, 3.05) is 19.7 Å². The molecule has 0 aromatic heterocycles. The molecule has 2 fully saturated rings. The number of halogens is 3. The Labute approximate surface area is 143 Å². The number of piperidine rings is 1. The summed E-state index contributed by atoms with van der Waals surface area (Å²) in [5.41, 5.74) is -0.485. The molecule has 2 aliphatic heterocycles. The second-order valence-corrected chi connectivity index (χ2v) is 6.30. The van der Waals surface area contributed by atoms with Gasteiger partial charge in [0.1, 0.15) is 6.10 Å². The summed E-state index contributed by atoms with van der Waals surface area (Å²) in [5.74, 6) is -5.28. The first kappa shape index (κ1) is 17.7. The Balaban J connectivity index is 1.56. The molecule has 2 saturated heterocycles. The van der Waals surface area contributed by atoms with E-state index in [1.165, 1.54) is 4.90 Å². The molecule has 25 heavy (non-hydrogen) atoms. The minimum Gasteiger partial charge on any atom is -0.368 e. The standard InChI is InChI=1S/C17H19F3N2O3/c18-12-4-3-11(14(19)15(12)20)17(24)22-7-5-10(6-8-22)21-16(23)13-2-1-9-25-13/h3-4,10,13H,1-2,5-9H2,(H,21,23). The molecule has 0 radical (unpaired) electrons. The number of nitrogens with one attached hydrogen (secondary N) is 1. The van der Waals surface area contributed by atoms with Crippen molar-refractivity contribution in [2.24, 2.45) is 0 Å². The van der Waals surface area contributed by atoms with Crippen molar-refractivity contribution in [3.63, 3.8) is 0 Å². The van der Waals surface area contributed by atoms with Gasteiger partial charge in [-0.1, -0.05) is 0 Å². The highest BCUT2D eigenvalue weighted by Gasteiger charge is 2.30. The van der Waals surface area contributed by atoms with Crippen LogP contribution in [-0.4, -0.2) is 48.6 Å². The summed E-state index contributed by atoms with van der Waals surface area (Å²) in [6.07, 6.45) is 2.19. The van der Waals surface area contributed by atoms with Gasteiger partial charge in [0.05, 0.1) is 5.56 Å². The SMILES string of the molecule is O=C(NC1CCN(C(=O)c2ccc(F)c(F)c2F)CC1)C1CCCO1. The van der Waals surface area contributed by atoms with E-state index in [0.717, 1.165) is 18.6 Å². The van der Waals surface area contributed by atoms with Crippen LogP contribution in [0.1, 0.15) is 36.0 Å². The lowest BCUT2D eigenvalue weighted by atomic mass is 10.0. The highest BCUT2D eigenvalue weighted by Crippen LogP contribution is 2.20. The van der Waals surface area contributed by atoms with Gasteiger partial charge >= 0.3 is 0 Å². The van der Waals surface area contributed by atoms with Gasteiger partial charge in [-0.25, -0.2) is 13.2 Å². The fourth-order valence-corrected chi connectivity index (χ4v) is 3.17. The summed E-state index contributed by atoms with van der Waals surface area (Å²) in [5, 5.41) is 2.90. The Bertz CT molecular complexity index is 669. The predicted octanol–water partition coefficient (Wildman–Crippen LogP) is 2.00. The van der Waals surface area contributed by atoms with Crippen LogP contribution in [0.2, 0.25) is 0 Å². The van der Waals surface area contributed by atoms with Crippen LogP contribution in [0.4, 0.5) is 13.2 Å². The van der Waals surface area contributed by atoms with Crippen LogP contribution >= 0.6 is 0 Å². The van der Waals surface area contributed by atoms with Gasteiger partial charge in [0.2, 0.25) is 5.91 Å². The van der Waals surface area contributed by atoms with Gasteiger partial charge in [-0.3, -0.25) is 9.59 Å². The maximum Gasteiger partial charge on any atom is 0.256 e. The molecule has 0 aliphatic carbocycles. The molecule has 2 heterocycles. The number of likely N-dealkylation sites (tertiary alicyclic amines) is 1. The monoisotopic (exact) mass is 356 g/mol. The van der Waals surface area contributed by atoms with Crippen molar-refractivity contribution in [3.05, 3.63) is 35.1 Å². The summed E-state index contributed by atoms with van der Waals surface area (Å²) >= 11 is 0. The van der Waals surface area contributed by atoms with E-state index in [1.54, 1.807) is 0 Å². The van der Waals surface area contributed by atoms with Gasteiger partial charge in [-0.15, -0.1) is 0 Å². The number of hydrogen-bond acceptors (Lipinski definition) is 3. The molecule has 2 aliphatic rings. The Kier molecular flexibility index (Phi) is 5.27. The molecule has 0 spiro atoms. The van der Waals surface area contributed by atoms with E-state index in [9.17, 15) is 22.8 Å². The molecule has 1 aromatic rings. The third kappa shape index (κ3) is 3.78. The van der Waals surface area contributed by atoms with Crippen LogP contribution in [0.25, 0.3) is 0 Å². The largest absolute Gasteiger partial charge is 0.368 e. The molecule has 8 heteroatoms. The van der Waals surface area contributed by atoms with E-state index in [-0.39, 0.29) is 11.9 Å². The molecule has 3 rings (SSSR count). The van der Waals surface area contributed by atoms with Crippen LogP contribution < -0.4 is 5.32 Å². The third-order valence-corrected chi connectivity index (χ3v) is 4.62. The number of rotatable bonds is 3. The fraction of sp³-hybridized carbons (Fsp3) is 0.529. The quantitative estimate of drug-likeness (QED) is 0.843. The average Bonchev–Trinajstić information content (AvgIpc) is 3.15. The number of carbonyl (C=O) groups is 2. The zero-order chi connectivity index (χ0) is 18.0. The van der Waals surface area contributed by atoms with Gasteiger partial charge in [0.15, 0.2) is 17.5 Å². The molecular formula is C17H19F3N2O3. The molecule has 0 saturated carbocycles. The molecule has 1 unspecified atom stereocenters. The summed E-state index contributed by atoms with van der Waals surface area (Å²) in [6, 6.07) is 1.59. The topological polar surface area (TPSA) is 58.6 Å². The van der Waals surface area contributed by atoms with E-state index in [1.807, 2.05) is 0 Å². The number of ether oxygens (including phenoxy) is 1. The predicted molar refractivity (Wildman–Crippen MR) is 82.4 cm³/mol. The van der Waals surface area contributed by atoms with Crippen molar-refractivity contribution in [2.45, 2.75) is 37.8 Å². The van der Waals surface area contributed by atoms with Crippen molar-refractivity contribution in [1.29, 1.82) is 0 Å². The Morgan fingerprint density at radius 2 is 1.80 bits per heavy atom. The van der Waals surface area contributed by atoms with Crippen LogP contribution in [-0.2, 0) is 9.53 Å². The van der Waals surface area contributed by atoms with E-state index in [4.69, 9.17) is 4.74 Å². The highest BCUT2D eigenvalue weighted by molar-refractivity contribution is 5.94. The first-order chi connectivity index (χ1) is 12.0. The summed E-state index contributed by atoms with van der Waals surface area (Å²) < 4.78 is 45.3. The van der Waals surface area contributed by atoms with Crippen LogP contribution in [0.15, 0.2) is 12.1 Å². The molecular weight excluding hydrogens is 337 g/mol. The number of nitrogens with zero attached hydrogens (tertiary/aromatic N) is 1. The van der Waals surface area contributed by atoms with Crippen LogP contribution in [0, 0.1) is 17.5 Å². The van der Waals surface area contributed by atoms with Crippen molar-refractivity contribution >= 4 is 11.8 Å². The van der Waals surface area contributed by atoms with Crippen molar-refractivity contribution < 1.29 is 27.5 Å². The summed E-state index contributed by atoms with van der Waals surface area (Å²) in [4.78, 5) is 25.7. The molecule has 136 valence electrons. The van der Waals surface area contributed by atoms with Gasteiger partial charge in [-0.05, 0) is 37.8 Å². The Hall–Kier alpha value is -2.09. The highest BCUT2D eigenvalue weighted by atomic mass is 19.2. The smallest absolute Gasteiger partial charge is 0.256 e. The van der Waals surface area contributed by atoms with Crippen molar-refractivity contribution in [3.8, 4) is 0 Å². The molecule has 1 N–H and O–H groups in total. The van der Waals surface area contributed by atoms with Gasteiger partial charge in [0, 0.05) is 25.7 Å². The molecule has 5 nitrogen and oxygen atoms in total. The lowest BCUT2D eigenvalue weighted by Gasteiger charge is -2.33. The van der Waals surface area contributed by atoms with Crippen molar-refractivity contribution in [1.82, 2.24) is 10.2 Å².